The first-order chi connectivity index (χ1) is 17.3. The molecule has 0 aliphatic carbocycles. The molecule has 1 aliphatic heterocycles. The Morgan fingerprint density at radius 1 is 0.889 bits per heavy atom. The lowest BCUT2D eigenvalue weighted by atomic mass is 10.00. The van der Waals surface area contributed by atoms with Crippen molar-refractivity contribution < 1.29 is 32.6 Å². The SMILES string of the molecule is COc1cc2c(=O)n(CCN(C)P(=O)(OC)OC)c3c4cc5c(cc4ccc3c2cc1OC)OCO5. The van der Waals surface area contributed by atoms with E-state index in [1.54, 1.807) is 24.8 Å². The highest BCUT2D eigenvalue weighted by molar-refractivity contribution is 7.51. The molecule has 0 unspecified atom stereocenters. The van der Waals surface area contributed by atoms with Gasteiger partial charge in [-0.25, -0.2) is 9.24 Å². The maximum atomic E-state index is 13.9. The van der Waals surface area contributed by atoms with Gasteiger partial charge in [-0.2, -0.15) is 0 Å². The minimum atomic E-state index is -3.47. The first kappa shape index (κ1) is 24.4. The molecule has 10 nitrogen and oxygen atoms in total. The summed E-state index contributed by atoms with van der Waals surface area (Å²) in [5.41, 5.74) is 0.496. The molecule has 36 heavy (non-hydrogen) atoms. The second kappa shape index (κ2) is 9.29. The number of fused-ring (bicyclic) bond motifs is 6. The van der Waals surface area contributed by atoms with Gasteiger partial charge in [-0.3, -0.25) is 13.8 Å². The van der Waals surface area contributed by atoms with Gasteiger partial charge in [-0.15, -0.1) is 0 Å². The normalized spacial score (nSPS) is 13.3. The summed E-state index contributed by atoms with van der Waals surface area (Å²) in [5.74, 6) is 2.25. The van der Waals surface area contributed by atoms with Crippen molar-refractivity contribution in [3.63, 3.8) is 0 Å². The molecule has 0 radical (unpaired) electrons. The predicted octanol–water partition coefficient (Wildman–Crippen LogP) is 4.39. The Morgan fingerprint density at radius 3 is 2.17 bits per heavy atom. The van der Waals surface area contributed by atoms with Crippen LogP contribution in [0.5, 0.6) is 23.0 Å². The summed E-state index contributed by atoms with van der Waals surface area (Å²) >= 11 is 0. The third-order valence-corrected chi connectivity index (χ3v) is 8.53. The lowest BCUT2D eigenvalue weighted by Gasteiger charge is -2.25. The Hall–Kier alpha value is -3.30. The van der Waals surface area contributed by atoms with Gasteiger partial charge < -0.3 is 23.5 Å². The molecule has 1 aliphatic rings. The summed E-state index contributed by atoms with van der Waals surface area (Å²) in [6.07, 6.45) is 0. The van der Waals surface area contributed by atoms with E-state index in [0.29, 0.717) is 33.9 Å². The molecule has 0 spiro atoms. The van der Waals surface area contributed by atoms with Gasteiger partial charge >= 0.3 is 7.75 Å². The zero-order chi connectivity index (χ0) is 25.6. The van der Waals surface area contributed by atoms with Crippen molar-refractivity contribution in [3.05, 3.63) is 46.8 Å². The average molecular weight is 514 g/mol. The van der Waals surface area contributed by atoms with Crippen molar-refractivity contribution in [1.29, 1.82) is 0 Å². The number of likely N-dealkylation sites (N-methyl/N-ethyl adjacent to an activating group) is 1. The number of rotatable bonds is 8. The van der Waals surface area contributed by atoms with E-state index >= 15 is 0 Å². The number of ether oxygens (including phenoxy) is 4. The van der Waals surface area contributed by atoms with Crippen LogP contribution in [0.4, 0.5) is 0 Å². The van der Waals surface area contributed by atoms with Crippen molar-refractivity contribution in [1.82, 2.24) is 9.24 Å². The fourth-order valence-electron chi connectivity index (χ4n) is 4.67. The average Bonchev–Trinajstić information content (AvgIpc) is 3.37. The second-order valence-corrected chi connectivity index (χ2v) is 10.7. The van der Waals surface area contributed by atoms with Crippen LogP contribution < -0.4 is 24.5 Å². The van der Waals surface area contributed by atoms with Gasteiger partial charge in [0.15, 0.2) is 23.0 Å². The Balaban J connectivity index is 1.81. The quantitative estimate of drug-likeness (QED) is 0.251. The fraction of sp³-hybridized carbons (Fsp3) is 0.320. The summed E-state index contributed by atoms with van der Waals surface area (Å²) in [6, 6.07) is 11.3. The van der Waals surface area contributed by atoms with E-state index in [2.05, 4.69) is 0 Å². The molecule has 1 aromatic heterocycles. The van der Waals surface area contributed by atoms with Gasteiger partial charge in [0.2, 0.25) is 6.79 Å². The molecule has 0 fully saturated rings. The maximum Gasteiger partial charge on any atom is 0.407 e. The maximum absolute atomic E-state index is 13.9. The van der Waals surface area contributed by atoms with Gasteiger partial charge in [0.05, 0.1) is 25.1 Å². The summed E-state index contributed by atoms with van der Waals surface area (Å²) in [4.78, 5) is 13.9. The van der Waals surface area contributed by atoms with E-state index in [-0.39, 0.29) is 25.4 Å². The van der Waals surface area contributed by atoms with Crippen molar-refractivity contribution >= 4 is 40.2 Å². The molecular formula is C25H27N2O8P. The first-order valence-corrected chi connectivity index (χ1v) is 12.7. The third kappa shape index (κ3) is 3.77. The highest BCUT2D eigenvalue weighted by Crippen LogP contribution is 2.49. The van der Waals surface area contributed by atoms with E-state index in [9.17, 15) is 9.36 Å². The van der Waals surface area contributed by atoms with Gasteiger partial charge in [0, 0.05) is 43.5 Å². The van der Waals surface area contributed by atoms with Gasteiger partial charge in [-0.05, 0) is 36.7 Å². The number of aromatic nitrogens is 1. The van der Waals surface area contributed by atoms with E-state index in [1.165, 1.54) is 26.0 Å². The smallest absolute Gasteiger partial charge is 0.407 e. The zero-order valence-electron chi connectivity index (χ0n) is 20.7. The summed E-state index contributed by atoms with van der Waals surface area (Å²) < 4.78 is 48.4. The highest BCUT2D eigenvalue weighted by Gasteiger charge is 2.28. The van der Waals surface area contributed by atoms with Crippen LogP contribution >= 0.6 is 7.75 Å². The van der Waals surface area contributed by atoms with Crippen LogP contribution in [-0.2, 0) is 20.2 Å². The molecule has 0 bridgehead atoms. The monoisotopic (exact) mass is 514 g/mol. The van der Waals surface area contributed by atoms with Crippen molar-refractivity contribution in [2.45, 2.75) is 6.54 Å². The van der Waals surface area contributed by atoms with Crippen LogP contribution in [0.2, 0.25) is 0 Å². The Labute approximate surface area is 207 Å². The fourth-order valence-corrected chi connectivity index (χ4v) is 5.71. The van der Waals surface area contributed by atoms with Crippen molar-refractivity contribution in [2.75, 3.05) is 48.8 Å². The van der Waals surface area contributed by atoms with Gasteiger partial charge in [-0.1, -0.05) is 12.1 Å². The molecule has 4 aromatic rings. The number of hydrogen-bond donors (Lipinski definition) is 0. The lowest BCUT2D eigenvalue weighted by Crippen LogP contribution is -2.28. The second-order valence-electron chi connectivity index (χ2n) is 8.31. The topological polar surface area (TPSA) is 97.7 Å². The van der Waals surface area contributed by atoms with Gasteiger partial charge in [0.1, 0.15) is 0 Å². The molecule has 0 N–H and O–H groups in total. The summed E-state index contributed by atoms with van der Waals surface area (Å²) in [7, 11) is 3.90. The number of hydrogen-bond acceptors (Lipinski definition) is 8. The number of nitrogens with zero attached hydrogens (tertiary/aromatic N) is 2. The Kier molecular flexibility index (Phi) is 6.30. The molecule has 0 saturated carbocycles. The first-order valence-electron chi connectivity index (χ1n) is 11.2. The highest BCUT2D eigenvalue weighted by atomic mass is 31.2. The van der Waals surface area contributed by atoms with Crippen LogP contribution in [0, 0.1) is 0 Å². The Morgan fingerprint density at radius 2 is 1.53 bits per heavy atom. The Bertz CT molecular complexity index is 1590. The van der Waals surface area contributed by atoms with E-state index in [4.69, 9.17) is 28.0 Å². The van der Waals surface area contributed by atoms with E-state index < -0.39 is 7.75 Å². The number of benzene rings is 3. The van der Waals surface area contributed by atoms with Gasteiger partial charge in [0.25, 0.3) is 5.56 Å². The molecular weight excluding hydrogens is 487 g/mol. The minimum absolute atomic E-state index is 0.143. The minimum Gasteiger partial charge on any atom is -0.493 e. The summed E-state index contributed by atoms with van der Waals surface area (Å²) in [6.45, 7) is 0.596. The zero-order valence-corrected chi connectivity index (χ0v) is 21.6. The van der Waals surface area contributed by atoms with Crippen LogP contribution in [0.15, 0.2) is 41.2 Å². The summed E-state index contributed by atoms with van der Waals surface area (Å²) in [5, 5.41) is 3.78. The molecule has 0 atom stereocenters. The molecule has 5 rings (SSSR count). The standard InChI is InChI=1S/C25H27N2O8P/c1-26(36(29,32-4)33-5)8-9-27-24-16(7-6-15-10-22-23(11-17(15)24)35-14-34-22)18-12-20(30-2)21(31-3)13-19(18)25(27)28/h6-7,10-13H,8-9,14H2,1-5H3. The predicted molar refractivity (Wildman–Crippen MR) is 137 cm³/mol. The molecule has 3 aromatic carbocycles. The van der Waals surface area contributed by atoms with Crippen LogP contribution in [0.3, 0.4) is 0 Å². The number of pyridine rings is 1. The van der Waals surface area contributed by atoms with Crippen LogP contribution in [0.25, 0.3) is 32.4 Å². The lowest BCUT2D eigenvalue weighted by molar-refractivity contribution is 0.174. The van der Waals surface area contributed by atoms with E-state index in [1.807, 2.05) is 30.3 Å². The molecule has 190 valence electrons. The third-order valence-electron chi connectivity index (χ3n) is 6.57. The molecule has 0 saturated heterocycles. The van der Waals surface area contributed by atoms with Crippen LogP contribution in [-0.4, -0.2) is 58.1 Å². The largest absolute Gasteiger partial charge is 0.493 e. The molecule has 0 amide bonds. The number of methoxy groups -OCH3 is 2. The van der Waals surface area contributed by atoms with Crippen molar-refractivity contribution in [3.8, 4) is 23.0 Å². The molecule has 2 heterocycles. The van der Waals surface area contributed by atoms with E-state index in [0.717, 1.165) is 21.5 Å². The van der Waals surface area contributed by atoms with Crippen LogP contribution in [0.1, 0.15) is 0 Å². The van der Waals surface area contributed by atoms with Crippen molar-refractivity contribution in [2.24, 2.45) is 0 Å². The molecule has 11 heteroatoms.